The maximum Gasteiger partial charge on any atom is 0.348 e. The van der Waals surface area contributed by atoms with Gasteiger partial charge >= 0.3 is 11.9 Å². The van der Waals surface area contributed by atoms with Crippen LogP contribution in [0.25, 0.3) is 0 Å². The third-order valence-corrected chi connectivity index (χ3v) is 6.05. The molecule has 9 nitrogen and oxygen atoms in total. The van der Waals surface area contributed by atoms with Crippen molar-refractivity contribution in [3.63, 3.8) is 0 Å². The van der Waals surface area contributed by atoms with Crippen LogP contribution < -0.4 is 5.73 Å². The second-order valence-corrected chi connectivity index (χ2v) is 8.02. The zero-order chi connectivity index (χ0) is 22.9. The van der Waals surface area contributed by atoms with Gasteiger partial charge in [0.15, 0.2) is 0 Å². The molecule has 0 radical (unpaired) electrons. The molecule has 1 aliphatic heterocycles. The number of nitrogens with zero attached hydrogens (tertiary/aromatic N) is 2. The number of ether oxygens (including phenoxy) is 2. The maximum atomic E-state index is 12.5. The smallest absolute Gasteiger partial charge is 0.348 e. The summed E-state index contributed by atoms with van der Waals surface area (Å²) in [6.45, 7) is 0.565. The van der Waals surface area contributed by atoms with Crippen molar-refractivity contribution in [1.29, 1.82) is 5.26 Å². The Balaban J connectivity index is 1.75. The SMILES string of the molecule is CCOC(=O)c1sc(N)c(C#N)c1COC(=O)CN1C(=O)c2cc(Cl)c(Cl)cc2C1=O. The molecule has 0 unspecified atom stereocenters. The van der Waals surface area contributed by atoms with Gasteiger partial charge < -0.3 is 15.2 Å². The van der Waals surface area contributed by atoms with E-state index in [4.69, 9.17) is 38.4 Å². The lowest BCUT2D eigenvalue weighted by atomic mass is 10.1. The average molecular weight is 482 g/mol. The van der Waals surface area contributed by atoms with E-state index in [1.54, 1.807) is 6.92 Å². The molecule has 0 aliphatic carbocycles. The number of hydrogen-bond acceptors (Lipinski definition) is 9. The van der Waals surface area contributed by atoms with Gasteiger partial charge in [-0.3, -0.25) is 19.3 Å². The second-order valence-electron chi connectivity index (χ2n) is 6.15. The molecule has 0 bridgehead atoms. The van der Waals surface area contributed by atoms with Gasteiger partial charge in [0.2, 0.25) is 0 Å². The standard InChI is InChI=1S/C19H13Cl2N3O6S/c1-2-29-19(28)15-11(10(5-22)16(23)31-15)7-30-14(25)6-24-17(26)8-3-12(20)13(21)4-9(8)18(24)27/h3-4H,2,6-7,23H2,1H3. The number of anilines is 1. The first-order chi connectivity index (χ1) is 14.7. The molecule has 0 saturated carbocycles. The fourth-order valence-corrected chi connectivity index (χ4v) is 4.11. The van der Waals surface area contributed by atoms with Crippen LogP contribution in [-0.4, -0.2) is 41.8 Å². The Morgan fingerprint density at radius 1 is 1.16 bits per heavy atom. The molecule has 0 spiro atoms. The van der Waals surface area contributed by atoms with Crippen LogP contribution in [0, 0.1) is 11.3 Å². The summed E-state index contributed by atoms with van der Waals surface area (Å²) in [5, 5.41) is 9.56. The normalized spacial score (nSPS) is 12.5. The number of amides is 2. The number of benzene rings is 1. The largest absolute Gasteiger partial charge is 0.462 e. The quantitative estimate of drug-likeness (QED) is 0.490. The number of esters is 2. The Labute approximate surface area is 189 Å². The van der Waals surface area contributed by atoms with Gasteiger partial charge in [-0.2, -0.15) is 5.26 Å². The van der Waals surface area contributed by atoms with Crippen molar-refractivity contribution in [3.8, 4) is 6.07 Å². The molecule has 1 aliphatic rings. The Hall–Kier alpha value is -3.13. The minimum absolute atomic E-state index is 0.00846. The van der Waals surface area contributed by atoms with Gasteiger partial charge in [-0.05, 0) is 19.1 Å². The van der Waals surface area contributed by atoms with Gasteiger partial charge in [0.1, 0.15) is 29.1 Å². The van der Waals surface area contributed by atoms with Crippen molar-refractivity contribution < 1.29 is 28.7 Å². The molecule has 2 aromatic rings. The molecular formula is C19H13Cl2N3O6S. The van der Waals surface area contributed by atoms with E-state index >= 15 is 0 Å². The lowest BCUT2D eigenvalue weighted by Gasteiger charge is -2.13. The van der Waals surface area contributed by atoms with E-state index < -0.39 is 36.9 Å². The highest BCUT2D eigenvalue weighted by Gasteiger charge is 2.38. The van der Waals surface area contributed by atoms with Crippen molar-refractivity contribution in [2.75, 3.05) is 18.9 Å². The third kappa shape index (κ3) is 4.20. The van der Waals surface area contributed by atoms with Crippen LogP contribution in [0.15, 0.2) is 12.1 Å². The first-order valence-corrected chi connectivity index (χ1v) is 10.3. The van der Waals surface area contributed by atoms with E-state index in [1.165, 1.54) is 12.1 Å². The zero-order valence-corrected chi connectivity index (χ0v) is 18.2. The van der Waals surface area contributed by atoms with Gasteiger partial charge in [0.05, 0.1) is 33.3 Å². The molecule has 0 atom stereocenters. The number of rotatable bonds is 6. The Morgan fingerprint density at radius 2 is 1.74 bits per heavy atom. The molecule has 1 aromatic carbocycles. The van der Waals surface area contributed by atoms with Crippen molar-refractivity contribution >= 4 is 63.3 Å². The summed E-state index contributed by atoms with van der Waals surface area (Å²) < 4.78 is 10.0. The number of thiophene rings is 1. The number of nitrogen functional groups attached to an aromatic ring is 1. The van der Waals surface area contributed by atoms with Crippen LogP contribution in [0.3, 0.4) is 0 Å². The molecule has 31 heavy (non-hydrogen) atoms. The predicted octanol–water partition coefficient (Wildman–Crippen LogP) is 3.02. The number of hydrogen-bond donors (Lipinski definition) is 1. The number of fused-ring (bicyclic) bond motifs is 1. The molecule has 12 heteroatoms. The molecule has 2 N–H and O–H groups in total. The van der Waals surface area contributed by atoms with Gasteiger partial charge in [0.25, 0.3) is 11.8 Å². The summed E-state index contributed by atoms with van der Waals surface area (Å²) in [4.78, 5) is 50.1. The highest BCUT2D eigenvalue weighted by atomic mass is 35.5. The average Bonchev–Trinajstić information content (AvgIpc) is 3.16. The van der Waals surface area contributed by atoms with Crippen LogP contribution in [0.5, 0.6) is 0 Å². The van der Waals surface area contributed by atoms with Crippen LogP contribution in [0.1, 0.15) is 48.4 Å². The molecule has 2 amide bonds. The fourth-order valence-electron chi connectivity index (χ4n) is 2.86. The van der Waals surface area contributed by atoms with Gasteiger partial charge in [-0.15, -0.1) is 11.3 Å². The fraction of sp³-hybridized carbons (Fsp3) is 0.211. The van der Waals surface area contributed by atoms with Gasteiger partial charge in [-0.25, -0.2) is 4.79 Å². The third-order valence-electron chi connectivity index (χ3n) is 4.28. The Morgan fingerprint density at radius 3 is 2.26 bits per heavy atom. The number of halogens is 2. The van der Waals surface area contributed by atoms with E-state index in [2.05, 4.69) is 0 Å². The first kappa shape index (κ1) is 22.6. The summed E-state index contributed by atoms with van der Waals surface area (Å²) in [6, 6.07) is 4.36. The van der Waals surface area contributed by atoms with Crippen LogP contribution in [-0.2, 0) is 20.9 Å². The van der Waals surface area contributed by atoms with E-state index in [0.717, 1.165) is 11.3 Å². The van der Waals surface area contributed by atoms with Crippen molar-refractivity contribution in [3.05, 3.63) is 49.3 Å². The number of imide groups is 1. The van der Waals surface area contributed by atoms with Gasteiger partial charge in [0, 0.05) is 5.56 Å². The topological polar surface area (TPSA) is 140 Å². The molecule has 1 aromatic heterocycles. The van der Waals surface area contributed by atoms with Crippen molar-refractivity contribution in [2.24, 2.45) is 0 Å². The molecule has 3 rings (SSSR count). The summed E-state index contributed by atoms with van der Waals surface area (Å²) in [7, 11) is 0. The molecule has 0 fully saturated rings. The first-order valence-electron chi connectivity index (χ1n) is 8.68. The predicted molar refractivity (Wildman–Crippen MR) is 111 cm³/mol. The minimum Gasteiger partial charge on any atom is -0.462 e. The second kappa shape index (κ2) is 8.93. The number of carbonyl (C=O) groups excluding carboxylic acids is 4. The number of nitrogens with two attached hydrogens (primary N) is 1. The van der Waals surface area contributed by atoms with Crippen LogP contribution >= 0.6 is 34.5 Å². The molecule has 0 saturated heterocycles. The minimum atomic E-state index is -0.935. The Bertz CT molecular complexity index is 1130. The summed E-state index contributed by atoms with van der Waals surface area (Å²) in [5.41, 5.74) is 5.89. The number of carbonyl (C=O) groups is 4. The summed E-state index contributed by atoms with van der Waals surface area (Å²) in [5.74, 6) is -3.09. The monoisotopic (exact) mass is 481 g/mol. The lowest BCUT2D eigenvalue weighted by molar-refractivity contribution is -0.145. The van der Waals surface area contributed by atoms with E-state index in [0.29, 0.717) is 4.90 Å². The van der Waals surface area contributed by atoms with Crippen LogP contribution in [0.2, 0.25) is 10.0 Å². The lowest BCUT2D eigenvalue weighted by Crippen LogP contribution is -2.35. The van der Waals surface area contributed by atoms with Crippen molar-refractivity contribution in [1.82, 2.24) is 4.90 Å². The highest BCUT2D eigenvalue weighted by Crippen LogP contribution is 2.33. The van der Waals surface area contributed by atoms with E-state index in [-0.39, 0.29) is 48.8 Å². The van der Waals surface area contributed by atoms with Gasteiger partial charge in [-0.1, -0.05) is 23.2 Å². The summed E-state index contributed by atoms with van der Waals surface area (Å²) in [6.07, 6.45) is 0. The maximum absolute atomic E-state index is 12.5. The molecule has 160 valence electrons. The molecular weight excluding hydrogens is 469 g/mol. The highest BCUT2D eigenvalue weighted by molar-refractivity contribution is 7.18. The van der Waals surface area contributed by atoms with Crippen LogP contribution in [0.4, 0.5) is 5.00 Å². The van der Waals surface area contributed by atoms with Crippen molar-refractivity contribution in [2.45, 2.75) is 13.5 Å². The zero-order valence-electron chi connectivity index (χ0n) is 15.9. The Kier molecular flexibility index (Phi) is 6.50. The summed E-state index contributed by atoms with van der Waals surface area (Å²) >= 11 is 12.6. The van der Waals surface area contributed by atoms with E-state index in [9.17, 15) is 24.4 Å². The molecule has 2 heterocycles. The number of nitriles is 1. The van der Waals surface area contributed by atoms with E-state index in [1.807, 2.05) is 6.07 Å².